The third kappa shape index (κ3) is 29.4. The highest BCUT2D eigenvalue weighted by Gasteiger charge is 2.57. The fourth-order valence-corrected chi connectivity index (χ4v) is 14.5. The van der Waals surface area contributed by atoms with Crippen molar-refractivity contribution in [3.63, 3.8) is 0 Å². The van der Waals surface area contributed by atoms with Crippen molar-refractivity contribution in [2.24, 2.45) is 5.73 Å². The van der Waals surface area contributed by atoms with Gasteiger partial charge >= 0.3 is 58.5 Å². The lowest BCUT2D eigenvalue weighted by atomic mass is 9.98. The number of nitrogens with two attached hydrogens (primary N) is 1. The number of aromatic amines is 2. The summed E-state index contributed by atoms with van der Waals surface area (Å²) in [6.45, 7) is 17.8. The zero-order chi connectivity index (χ0) is 92.0. The van der Waals surface area contributed by atoms with Crippen molar-refractivity contribution >= 4 is 59.5 Å². The molecule has 2 aromatic heterocycles. The van der Waals surface area contributed by atoms with E-state index in [1.165, 1.54) is 109 Å². The van der Waals surface area contributed by atoms with Gasteiger partial charge in [0, 0.05) is 24.5 Å². The molecule has 2 aliphatic heterocycles. The Balaban J connectivity index is 0.000000339. The SMILES string of the molecule is CC(C)OC(=O)[C@@H](C)NP(=O)(Oc1ccccc1)Oc1c(F)c(F)c(F)c(F)c1F.CC(C)OC(=O)[C@@H](C)NP(=O)(Oc1ccccc1)Oc1c(F)c(F)c(F)c(F)c1F.CC(C)OC(=O)[C@@H](C)N[P@@](=O)(OCC1O[C@@H](n2ccc(=O)[nH]c2=O)[C@](C)(F)[C@@H]1O)Oc1ccccc1.CCOC(=O)[C@@H](C)N.C[C@@]1(F)[C@H](O)[C@@H](CO)O[C@H]1n1ccc(=O)[nH]c1=O.Cl. The number of H-pyrrole nitrogens is 2. The molecule has 34 nitrogen and oxygen atoms in total. The highest BCUT2D eigenvalue weighted by molar-refractivity contribution is 7.53. The number of nitrogens with zero attached hydrogens (tertiary/aromatic N) is 2. The van der Waals surface area contributed by atoms with Gasteiger partial charge in [-0.25, -0.2) is 58.4 Å². The zero-order valence-corrected chi connectivity index (χ0v) is 70.6. The van der Waals surface area contributed by atoms with Gasteiger partial charge < -0.3 is 72.1 Å². The number of aliphatic hydroxyl groups is 3. The molecular formula is C73H88ClF12N8O26P3. The van der Waals surface area contributed by atoms with Crippen LogP contribution in [0, 0.1) is 58.2 Å². The molecule has 10 N–H and O–H groups in total. The van der Waals surface area contributed by atoms with Crippen LogP contribution < -0.4 is 66.1 Å². The maximum absolute atomic E-state index is 15.4. The number of aromatic nitrogens is 4. The van der Waals surface area contributed by atoms with E-state index in [1.807, 2.05) is 9.97 Å². The summed E-state index contributed by atoms with van der Waals surface area (Å²) < 4.78 is 268. The summed E-state index contributed by atoms with van der Waals surface area (Å²) in [6, 6.07) is 19.7. The Hall–Kier alpha value is -9.92. The van der Waals surface area contributed by atoms with Crippen molar-refractivity contribution in [2.45, 2.75) is 181 Å². The lowest BCUT2D eigenvalue weighted by Gasteiger charge is -2.25. The predicted octanol–water partition coefficient (Wildman–Crippen LogP) is 10.2. The van der Waals surface area contributed by atoms with E-state index in [9.17, 15) is 111 Å². The van der Waals surface area contributed by atoms with Crippen LogP contribution in [0.5, 0.6) is 28.7 Å². The Morgan fingerprint density at radius 1 is 0.472 bits per heavy atom. The second kappa shape index (κ2) is 46.2. The Bertz CT molecular complexity index is 4920. The van der Waals surface area contributed by atoms with Gasteiger partial charge in [0.15, 0.2) is 23.8 Å². The van der Waals surface area contributed by atoms with Crippen LogP contribution in [0.15, 0.2) is 135 Å². The Morgan fingerprint density at radius 3 is 1.02 bits per heavy atom. The van der Waals surface area contributed by atoms with Crippen LogP contribution in [-0.4, -0.2) is 156 Å². The summed E-state index contributed by atoms with van der Waals surface area (Å²) in [6.07, 6.45) is -8.32. The molecule has 123 heavy (non-hydrogen) atoms. The molecule has 15 atom stereocenters. The van der Waals surface area contributed by atoms with Gasteiger partial charge in [0.1, 0.15) is 65.8 Å². The minimum atomic E-state index is -4.91. The van der Waals surface area contributed by atoms with Crippen molar-refractivity contribution in [2.75, 3.05) is 19.8 Å². The van der Waals surface area contributed by atoms with E-state index in [0.29, 0.717) is 6.61 Å². The number of esters is 4. The van der Waals surface area contributed by atoms with Gasteiger partial charge in [-0.15, -0.1) is 12.4 Å². The zero-order valence-electron chi connectivity index (χ0n) is 67.1. The highest BCUT2D eigenvalue weighted by atomic mass is 35.5. The van der Waals surface area contributed by atoms with E-state index >= 15 is 4.39 Å². The molecule has 9 rings (SSSR count). The van der Waals surface area contributed by atoms with Crippen LogP contribution in [0.1, 0.15) is 102 Å². The minimum Gasteiger partial charge on any atom is -0.465 e. The van der Waals surface area contributed by atoms with E-state index in [0.717, 1.165) is 47.5 Å². The standard InChI is InChI=1S/C22H29FN3O9P.2C18H17F5NO5P.C10H13FN2O5.C5H11NO2.ClH/c1-13(2)33-19(29)14(3)25-36(31,35-15-8-6-5-7-9-15)32-12-16-18(28)22(4,23)20(34-16)26-11-10-17(27)24-21(26)30;2*1-9(2)27-18(25)10(3)24-30(26,28-11-7-5-4-6-8-11)29-17-15(22)13(20)12(19)14(21)16(17)23;1-10(11)7(16)5(4-14)18-8(10)13-3-2-6(15)12-9(13)17;1-3-8-5(7)4(2)6;/h5-11,13-14,16,18,20,28H,12H2,1-4H3,(H,25,31)(H,24,27,30);2*4-10H,1-3H3,(H,24,26);2-3,5,7-8,14,16H,4H2,1H3,(H,12,15,17);4H,3,6H2,1-2H3;1H/t14-,16?,18-,20-,22-,36-;2*10-,30?;5-,7-,8-,10-;4-;/m11111./s1. The van der Waals surface area contributed by atoms with E-state index < -0.39 is 237 Å². The third-order valence-corrected chi connectivity index (χ3v) is 20.5. The summed E-state index contributed by atoms with van der Waals surface area (Å²) in [5, 5.41) is 35.8. The first-order chi connectivity index (χ1) is 56.8. The summed E-state index contributed by atoms with van der Waals surface area (Å²) >= 11 is 0. The van der Waals surface area contributed by atoms with Crippen molar-refractivity contribution in [1.29, 1.82) is 0 Å². The highest BCUT2D eigenvalue weighted by Crippen LogP contribution is 2.51. The summed E-state index contributed by atoms with van der Waals surface area (Å²) in [5.41, 5.74) is -2.68. The van der Waals surface area contributed by atoms with Gasteiger partial charge in [0.05, 0.1) is 38.1 Å². The first kappa shape index (κ1) is 105. The second-order valence-electron chi connectivity index (χ2n) is 27.0. The number of rotatable bonds is 30. The number of halogens is 13. The minimum absolute atomic E-state index is 0. The van der Waals surface area contributed by atoms with E-state index in [-0.39, 0.29) is 35.6 Å². The van der Waals surface area contributed by atoms with Crippen molar-refractivity contribution in [1.82, 2.24) is 34.4 Å². The molecule has 50 heteroatoms. The second-order valence-corrected chi connectivity index (χ2v) is 31.9. The van der Waals surface area contributed by atoms with Crippen LogP contribution in [0.2, 0.25) is 0 Å². The molecule has 0 saturated carbocycles. The first-order valence-corrected chi connectivity index (χ1v) is 40.7. The van der Waals surface area contributed by atoms with Crippen molar-refractivity contribution in [3.8, 4) is 28.7 Å². The summed E-state index contributed by atoms with van der Waals surface area (Å²) in [4.78, 5) is 96.5. The van der Waals surface area contributed by atoms with Gasteiger partial charge in [-0.3, -0.25) is 52.4 Å². The molecule has 2 saturated heterocycles. The lowest BCUT2D eigenvalue weighted by Crippen LogP contribution is -2.43. The fraction of sp³-hybridized carbons (Fsp3) is 0.425. The fourth-order valence-electron chi connectivity index (χ4n) is 9.92. The molecule has 0 aliphatic carbocycles. The quantitative estimate of drug-likeness (QED) is 0.00504. The van der Waals surface area contributed by atoms with Gasteiger partial charge in [-0.2, -0.15) is 32.8 Å². The van der Waals surface area contributed by atoms with Crippen molar-refractivity contribution < 1.29 is 156 Å². The Morgan fingerprint density at radius 2 is 0.756 bits per heavy atom. The van der Waals surface area contributed by atoms with Crippen LogP contribution >= 0.6 is 35.6 Å². The molecule has 7 aromatic rings. The Labute approximate surface area is 698 Å². The molecule has 2 aliphatic rings. The number of nitrogens with one attached hydrogen (secondary N) is 5. The predicted molar refractivity (Wildman–Crippen MR) is 411 cm³/mol. The van der Waals surface area contributed by atoms with Crippen molar-refractivity contribution in [3.05, 3.63) is 215 Å². The summed E-state index contributed by atoms with van der Waals surface area (Å²) in [7, 11) is -14.1. The largest absolute Gasteiger partial charge is 0.513 e. The Kier molecular flexibility index (Phi) is 39.6. The number of hydrogen-bond donors (Lipinski definition) is 9. The van der Waals surface area contributed by atoms with Gasteiger partial charge in [-0.1, -0.05) is 54.6 Å². The number of para-hydroxylation sites is 3. The molecular weight excluding hydrogens is 1760 g/mol. The number of carbonyl (C=O) groups excluding carboxylic acids is 4. The normalized spacial score (nSPS) is 20.7. The van der Waals surface area contributed by atoms with E-state index in [2.05, 4.69) is 29.0 Å². The monoisotopic (exact) mass is 1850 g/mol. The number of ether oxygens (including phenoxy) is 6. The lowest BCUT2D eigenvalue weighted by molar-refractivity contribution is -0.150. The maximum atomic E-state index is 15.4. The number of benzene rings is 5. The average Bonchev–Trinajstić information content (AvgIpc) is 1.71. The van der Waals surface area contributed by atoms with E-state index in [4.69, 9.17) is 52.6 Å². The average molecular weight is 1850 g/mol. The van der Waals surface area contributed by atoms with Crippen LogP contribution in [0.4, 0.5) is 52.7 Å². The molecule has 0 amide bonds. The number of carbonyl (C=O) groups is 4. The summed E-state index contributed by atoms with van der Waals surface area (Å²) in [5.74, 6) is -30.2. The van der Waals surface area contributed by atoms with Crippen LogP contribution in [0.25, 0.3) is 0 Å². The molecule has 0 radical (unpaired) electrons. The molecule has 682 valence electrons. The van der Waals surface area contributed by atoms with E-state index in [1.54, 1.807) is 58.0 Å². The number of hydrogen-bond acceptors (Lipinski definition) is 27. The maximum Gasteiger partial charge on any atom is 0.513 e. The third-order valence-electron chi connectivity index (χ3n) is 15.7. The van der Waals surface area contributed by atoms with Gasteiger partial charge in [-0.05, 0) is 126 Å². The number of aliphatic hydroxyl groups excluding tert-OH is 3. The topological polar surface area (TPSA) is 463 Å². The molecule has 5 aromatic carbocycles. The van der Waals surface area contributed by atoms with Gasteiger partial charge in [0.25, 0.3) is 11.1 Å². The smallest absolute Gasteiger partial charge is 0.465 e. The first-order valence-electron chi connectivity index (χ1n) is 36.0. The van der Waals surface area contributed by atoms with Gasteiger partial charge in [0.2, 0.25) is 69.7 Å². The molecule has 3 unspecified atom stereocenters. The number of alkyl halides is 2. The molecule has 0 bridgehead atoms. The van der Waals surface area contributed by atoms with Crippen LogP contribution in [0.3, 0.4) is 0 Å². The molecule has 0 spiro atoms. The molecule has 2 fully saturated rings. The molecule has 4 heterocycles. The van der Waals surface area contributed by atoms with Crippen LogP contribution in [-0.2, 0) is 65.8 Å².